The molecular formula is C15H12BrFOS. The maximum absolute atomic E-state index is 13.0. The van der Waals surface area contributed by atoms with Crippen molar-refractivity contribution in [3.63, 3.8) is 0 Å². The number of hydrogen-bond acceptors (Lipinski definition) is 2. The van der Waals surface area contributed by atoms with E-state index in [1.54, 1.807) is 12.1 Å². The van der Waals surface area contributed by atoms with E-state index in [2.05, 4.69) is 15.9 Å². The molecular weight excluding hydrogens is 327 g/mol. The molecule has 1 nitrogen and oxygen atoms in total. The van der Waals surface area contributed by atoms with E-state index in [9.17, 15) is 9.18 Å². The van der Waals surface area contributed by atoms with Gasteiger partial charge in [0.1, 0.15) is 11.6 Å². The Morgan fingerprint density at radius 3 is 2.68 bits per heavy atom. The number of carbonyl (C=O) groups excluding carboxylic acids is 1. The number of carbonyl (C=O) groups is 1. The number of benzene rings is 2. The van der Waals surface area contributed by atoms with Crippen LogP contribution in [-0.2, 0) is 11.2 Å². The molecule has 0 amide bonds. The Balaban J connectivity index is 1.90. The first-order chi connectivity index (χ1) is 9.15. The second-order valence-corrected chi connectivity index (χ2v) is 5.96. The molecule has 0 aliphatic heterocycles. The standard InChI is InChI=1S/C15H12BrFOS/c16-15-7-2-1-4-11(15)8-13(18)10-19-14-6-3-5-12(17)9-14/h1-7,9H,8,10H2. The summed E-state index contributed by atoms with van der Waals surface area (Å²) in [4.78, 5) is 12.7. The van der Waals surface area contributed by atoms with Gasteiger partial charge in [0.2, 0.25) is 0 Å². The summed E-state index contributed by atoms with van der Waals surface area (Å²) in [6.45, 7) is 0. The molecule has 0 unspecified atom stereocenters. The van der Waals surface area contributed by atoms with Gasteiger partial charge in [-0.3, -0.25) is 4.79 Å². The lowest BCUT2D eigenvalue weighted by molar-refractivity contribution is -0.116. The molecule has 0 aromatic heterocycles. The Morgan fingerprint density at radius 2 is 1.95 bits per heavy atom. The fourth-order valence-electron chi connectivity index (χ4n) is 1.63. The van der Waals surface area contributed by atoms with Crippen molar-refractivity contribution in [2.45, 2.75) is 11.3 Å². The lowest BCUT2D eigenvalue weighted by atomic mass is 10.1. The Labute approximate surface area is 124 Å². The van der Waals surface area contributed by atoms with Crippen molar-refractivity contribution in [2.24, 2.45) is 0 Å². The van der Waals surface area contributed by atoms with Gasteiger partial charge in [-0.25, -0.2) is 4.39 Å². The summed E-state index contributed by atoms with van der Waals surface area (Å²) in [6.07, 6.45) is 0.393. The molecule has 0 saturated heterocycles. The summed E-state index contributed by atoms with van der Waals surface area (Å²) in [5.74, 6) is 0.203. The van der Waals surface area contributed by atoms with Crippen molar-refractivity contribution in [2.75, 3.05) is 5.75 Å². The highest BCUT2D eigenvalue weighted by Gasteiger charge is 2.07. The van der Waals surface area contributed by atoms with Gasteiger partial charge < -0.3 is 0 Å². The summed E-state index contributed by atoms with van der Waals surface area (Å²) in [6, 6.07) is 14.0. The normalized spacial score (nSPS) is 10.4. The number of thioether (sulfide) groups is 1. The molecule has 0 N–H and O–H groups in total. The van der Waals surface area contributed by atoms with Crippen molar-refractivity contribution in [3.05, 3.63) is 64.4 Å². The van der Waals surface area contributed by atoms with Crippen LogP contribution in [0.15, 0.2) is 57.9 Å². The summed E-state index contributed by atoms with van der Waals surface area (Å²) in [5.41, 5.74) is 0.979. The smallest absolute Gasteiger partial charge is 0.147 e. The van der Waals surface area contributed by atoms with Gasteiger partial charge >= 0.3 is 0 Å². The summed E-state index contributed by atoms with van der Waals surface area (Å²) < 4.78 is 13.9. The number of ketones is 1. The Kier molecular flexibility index (Phi) is 5.16. The molecule has 0 radical (unpaired) electrons. The van der Waals surface area contributed by atoms with E-state index >= 15 is 0 Å². The predicted molar refractivity (Wildman–Crippen MR) is 80.0 cm³/mol. The zero-order chi connectivity index (χ0) is 13.7. The van der Waals surface area contributed by atoms with E-state index in [0.717, 1.165) is 14.9 Å². The third-order valence-electron chi connectivity index (χ3n) is 2.54. The van der Waals surface area contributed by atoms with Gasteiger partial charge in [-0.05, 0) is 29.8 Å². The van der Waals surface area contributed by atoms with Crippen LogP contribution in [0.4, 0.5) is 4.39 Å². The van der Waals surface area contributed by atoms with E-state index in [-0.39, 0.29) is 11.6 Å². The van der Waals surface area contributed by atoms with E-state index in [1.807, 2.05) is 24.3 Å². The fourth-order valence-corrected chi connectivity index (χ4v) is 2.85. The quantitative estimate of drug-likeness (QED) is 0.747. The largest absolute Gasteiger partial charge is 0.298 e. The summed E-state index contributed by atoms with van der Waals surface area (Å²) >= 11 is 4.78. The number of hydrogen-bond donors (Lipinski definition) is 0. The first-order valence-corrected chi connectivity index (χ1v) is 7.56. The average molecular weight is 339 g/mol. The zero-order valence-electron chi connectivity index (χ0n) is 10.1. The summed E-state index contributed by atoms with van der Waals surface area (Å²) in [5, 5.41) is 0. The van der Waals surface area contributed by atoms with Gasteiger partial charge in [0.25, 0.3) is 0 Å². The molecule has 0 spiro atoms. The fraction of sp³-hybridized carbons (Fsp3) is 0.133. The van der Waals surface area contributed by atoms with Crippen LogP contribution in [0, 0.1) is 5.82 Å². The van der Waals surface area contributed by atoms with Crippen molar-refractivity contribution in [1.29, 1.82) is 0 Å². The van der Waals surface area contributed by atoms with E-state index < -0.39 is 0 Å². The summed E-state index contributed by atoms with van der Waals surface area (Å²) in [7, 11) is 0. The lowest BCUT2D eigenvalue weighted by Gasteiger charge is -2.04. The minimum absolute atomic E-state index is 0.126. The molecule has 0 aliphatic rings. The van der Waals surface area contributed by atoms with Crippen molar-refractivity contribution < 1.29 is 9.18 Å². The number of Topliss-reactive ketones (excluding diaryl/α,β-unsaturated/α-hetero) is 1. The third kappa shape index (κ3) is 4.48. The maximum atomic E-state index is 13.0. The van der Waals surface area contributed by atoms with E-state index in [0.29, 0.717) is 12.2 Å². The predicted octanol–water partition coefficient (Wildman–Crippen LogP) is 4.49. The van der Waals surface area contributed by atoms with Gasteiger partial charge in [0.05, 0.1) is 5.75 Å². The van der Waals surface area contributed by atoms with Crippen molar-refractivity contribution >= 4 is 33.5 Å². The van der Waals surface area contributed by atoms with Gasteiger partial charge in [0, 0.05) is 15.8 Å². The topological polar surface area (TPSA) is 17.1 Å². The van der Waals surface area contributed by atoms with Crippen LogP contribution in [-0.4, -0.2) is 11.5 Å². The van der Waals surface area contributed by atoms with Crippen LogP contribution < -0.4 is 0 Å². The monoisotopic (exact) mass is 338 g/mol. The first-order valence-electron chi connectivity index (χ1n) is 5.78. The van der Waals surface area contributed by atoms with Crippen molar-refractivity contribution in [1.82, 2.24) is 0 Å². The molecule has 19 heavy (non-hydrogen) atoms. The highest BCUT2D eigenvalue weighted by molar-refractivity contribution is 9.10. The molecule has 0 aliphatic carbocycles. The SMILES string of the molecule is O=C(CSc1cccc(F)c1)Cc1ccccc1Br. The molecule has 2 aromatic rings. The molecule has 2 rings (SSSR count). The molecule has 2 aromatic carbocycles. The van der Waals surface area contributed by atoms with E-state index in [4.69, 9.17) is 0 Å². The Morgan fingerprint density at radius 1 is 1.16 bits per heavy atom. The van der Waals surface area contributed by atoms with Crippen LogP contribution >= 0.6 is 27.7 Å². The minimum Gasteiger partial charge on any atom is -0.298 e. The van der Waals surface area contributed by atoms with Gasteiger partial charge in [-0.1, -0.05) is 40.2 Å². The van der Waals surface area contributed by atoms with E-state index in [1.165, 1.54) is 23.9 Å². The Bertz CT molecular complexity index is 586. The van der Waals surface area contributed by atoms with Crippen LogP contribution in [0.5, 0.6) is 0 Å². The molecule has 0 heterocycles. The Hall–Kier alpha value is -1.13. The molecule has 0 fully saturated rings. The third-order valence-corrected chi connectivity index (χ3v) is 4.37. The average Bonchev–Trinajstić information content (AvgIpc) is 2.39. The minimum atomic E-state index is -0.275. The second-order valence-electron chi connectivity index (χ2n) is 4.05. The second kappa shape index (κ2) is 6.87. The molecule has 98 valence electrons. The maximum Gasteiger partial charge on any atom is 0.147 e. The van der Waals surface area contributed by atoms with Crippen LogP contribution in [0.1, 0.15) is 5.56 Å². The number of rotatable bonds is 5. The van der Waals surface area contributed by atoms with Crippen LogP contribution in [0.2, 0.25) is 0 Å². The van der Waals surface area contributed by atoms with Crippen LogP contribution in [0.3, 0.4) is 0 Å². The van der Waals surface area contributed by atoms with Crippen molar-refractivity contribution in [3.8, 4) is 0 Å². The number of halogens is 2. The zero-order valence-corrected chi connectivity index (χ0v) is 12.5. The molecule has 0 atom stereocenters. The van der Waals surface area contributed by atoms with Gasteiger partial charge in [-0.15, -0.1) is 11.8 Å². The van der Waals surface area contributed by atoms with Gasteiger partial charge in [-0.2, -0.15) is 0 Å². The molecule has 0 bridgehead atoms. The van der Waals surface area contributed by atoms with Gasteiger partial charge in [0.15, 0.2) is 0 Å². The highest BCUT2D eigenvalue weighted by Crippen LogP contribution is 2.21. The first kappa shape index (κ1) is 14.3. The molecule has 0 saturated carbocycles. The molecule has 4 heteroatoms. The highest BCUT2D eigenvalue weighted by atomic mass is 79.9. The lowest BCUT2D eigenvalue weighted by Crippen LogP contribution is -2.06. The van der Waals surface area contributed by atoms with Crippen LogP contribution in [0.25, 0.3) is 0 Å².